The van der Waals surface area contributed by atoms with Gasteiger partial charge in [-0.25, -0.2) is 0 Å². The first kappa shape index (κ1) is 10.4. The molecule has 0 spiro atoms. The van der Waals surface area contributed by atoms with Gasteiger partial charge in [-0.05, 0) is 0 Å². The van der Waals surface area contributed by atoms with Gasteiger partial charge < -0.3 is 0 Å². The third kappa shape index (κ3) is 9.36. The summed E-state index contributed by atoms with van der Waals surface area (Å²) in [6, 6.07) is 0. The maximum absolute atomic E-state index is 11.6. The number of rotatable bonds is 4. The highest BCUT2D eigenvalue weighted by molar-refractivity contribution is 8.21. The molecule has 0 aromatic heterocycles. The van der Waals surface area contributed by atoms with Gasteiger partial charge in [-0.1, -0.05) is 37.0 Å². The van der Waals surface area contributed by atoms with Crippen molar-refractivity contribution in [3.8, 4) is 0 Å². The Labute approximate surface area is 66.3 Å². The van der Waals surface area contributed by atoms with Crippen molar-refractivity contribution in [2.24, 2.45) is 0 Å². The Bertz CT molecular complexity index is 167. The van der Waals surface area contributed by atoms with Crippen LogP contribution in [0.1, 0.15) is 0 Å². The molecule has 0 atom stereocenters. The number of allylic oxidation sites excluding steroid dienone is 4. The average molecular weight is 182 g/mol. The molecule has 0 saturated carbocycles. The van der Waals surface area contributed by atoms with E-state index in [0.29, 0.717) is 0 Å². The van der Waals surface area contributed by atoms with E-state index in [0.717, 1.165) is 6.08 Å². The Hall–Kier alpha value is -0.640. The highest BCUT2D eigenvalue weighted by Crippen LogP contribution is 2.52. The van der Waals surface area contributed by atoms with Crippen molar-refractivity contribution in [1.82, 2.24) is 0 Å². The van der Waals surface area contributed by atoms with Crippen LogP contribution < -0.4 is 0 Å². The minimum absolute atomic E-state index is 0.797. The van der Waals surface area contributed by atoms with Crippen molar-refractivity contribution in [1.29, 1.82) is 0 Å². The second kappa shape index (κ2) is 5.07. The molecule has 4 heteroatoms. The van der Waals surface area contributed by atoms with Gasteiger partial charge in [-0.15, -0.1) is 11.7 Å². The van der Waals surface area contributed by atoms with Gasteiger partial charge >= 0.3 is 0 Å². The number of hydrogen-bond acceptors (Lipinski definition) is 0. The highest BCUT2D eigenvalue weighted by atomic mass is 32.3. The molecular formula is C7H9F3S. The first-order chi connectivity index (χ1) is 5.06. The fourth-order valence-electron chi connectivity index (χ4n) is 0.386. The lowest BCUT2D eigenvalue weighted by Gasteiger charge is -2.03. The zero-order valence-corrected chi connectivity index (χ0v) is 6.66. The summed E-state index contributed by atoms with van der Waals surface area (Å²) >= 11 is -4.86. The smallest absolute Gasteiger partial charge is 0.125 e. The van der Waals surface area contributed by atoms with Crippen LogP contribution in [0, 0.1) is 0 Å². The third-order valence-electron chi connectivity index (χ3n) is 0.780. The SMILES string of the molecule is C=C/C=C\C=C/CS(F)(F)F. The van der Waals surface area contributed by atoms with Crippen molar-refractivity contribution in [2.75, 3.05) is 5.75 Å². The van der Waals surface area contributed by atoms with E-state index < -0.39 is 16.9 Å². The third-order valence-corrected chi connectivity index (χ3v) is 1.35. The molecule has 0 N–H and O–H groups in total. The van der Waals surface area contributed by atoms with E-state index in [4.69, 9.17) is 0 Å². The summed E-state index contributed by atoms with van der Waals surface area (Å²) in [5.41, 5.74) is 0. The molecule has 0 rings (SSSR count). The van der Waals surface area contributed by atoms with Crippen LogP contribution in [0.2, 0.25) is 0 Å². The van der Waals surface area contributed by atoms with Crippen LogP contribution in [0.5, 0.6) is 0 Å². The summed E-state index contributed by atoms with van der Waals surface area (Å²) in [6.07, 6.45) is 7.04. The zero-order valence-electron chi connectivity index (χ0n) is 5.84. The van der Waals surface area contributed by atoms with E-state index in [9.17, 15) is 11.7 Å². The predicted octanol–water partition coefficient (Wildman–Crippen LogP) is 3.74. The number of halogens is 3. The largest absolute Gasteiger partial charge is 0.212 e. The predicted molar refractivity (Wildman–Crippen MR) is 44.3 cm³/mol. The van der Waals surface area contributed by atoms with Gasteiger partial charge in [0, 0.05) is 0 Å². The van der Waals surface area contributed by atoms with E-state index in [1.807, 2.05) is 0 Å². The van der Waals surface area contributed by atoms with E-state index in [2.05, 4.69) is 6.58 Å². The van der Waals surface area contributed by atoms with Crippen molar-refractivity contribution in [2.45, 2.75) is 0 Å². The Morgan fingerprint density at radius 1 is 1.09 bits per heavy atom. The fourth-order valence-corrected chi connectivity index (χ4v) is 0.715. The van der Waals surface area contributed by atoms with Crippen LogP contribution in [-0.4, -0.2) is 5.75 Å². The summed E-state index contributed by atoms with van der Waals surface area (Å²) in [5.74, 6) is -0.797. The molecule has 0 nitrogen and oxygen atoms in total. The normalized spacial score (nSPS) is 14.5. The molecule has 0 aliphatic rings. The van der Waals surface area contributed by atoms with E-state index in [-0.39, 0.29) is 0 Å². The molecular weight excluding hydrogens is 173 g/mol. The lowest BCUT2D eigenvalue weighted by molar-refractivity contribution is 0.640. The van der Waals surface area contributed by atoms with Crippen LogP contribution in [0.4, 0.5) is 11.7 Å². The van der Waals surface area contributed by atoms with Gasteiger partial charge in [0.2, 0.25) is 11.2 Å². The van der Waals surface area contributed by atoms with E-state index in [1.165, 1.54) is 18.2 Å². The first-order valence-electron chi connectivity index (χ1n) is 2.90. The lowest BCUT2D eigenvalue weighted by Crippen LogP contribution is -1.78. The summed E-state index contributed by atoms with van der Waals surface area (Å²) in [6.45, 7) is 3.37. The van der Waals surface area contributed by atoms with Crippen molar-refractivity contribution >= 4 is 11.2 Å². The highest BCUT2D eigenvalue weighted by Gasteiger charge is 2.16. The Kier molecular flexibility index (Phi) is 4.77. The standard InChI is InChI=1S/C7H9F3S/c1-2-3-4-5-6-7-11(8,9)10/h2-6H,1,7H2/b4-3-,6-5-. The van der Waals surface area contributed by atoms with Crippen molar-refractivity contribution in [3.05, 3.63) is 37.0 Å². The molecule has 0 amide bonds. The molecule has 0 radical (unpaired) electrons. The van der Waals surface area contributed by atoms with Crippen molar-refractivity contribution in [3.63, 3.8) is 0 Å². The Morgan fingerprint density at radius 3 is 2.18 bits per heavy atom. The van der Waals surface area contributed by atoms with Crippen LogP contribution in [0.15, 0.2) is 37.0 Å². The Balaban J connectivity index is 3.61. The van der Waals surface area contributed by atoms with Gasteiger partial charge in [0.25, 0.3) is 0 Å². The summed E-state index contributed by atoms with van der Waals surface area (Å²) in [5, 5.41) is 0. The Morgan fingerprint density at radius 2 is 1.73 bits per heavy atom. The second-order valence-corrected chi connectivity index (χ2v) is 3.06. The molecule has 0 bridgehead atoms. The van der Waals surface area contributed by atoms with Gasteiger partial charge in [0.1, 0.15) is 0 Å². The molecule has 0 unspecified atom stereocenters. The minimum Gasteiger partial charge on any atom is -0.125 e. The van der Waals surface area contributed by atoms with Crippen LogP contribution in [0.25, 0.3) is 0 Å². The molecule has 0 heterocycles. The van der Waals surface area contributed by atoms with Gasteiger partial charge in [0.15, 0.2) is 0 Å². The number of hydrogen-bond donors (Lipinski definition) is 0. The molecule has 0 aliphatic heterocycles. The van der Waals surface area contributed by atoms with Crippen LogP contribution in [-0.2, 0) is 0 Å². The first-order valence-corrected chi connectivity index (χ1v) is 4.40. The molecule has 11 heavy (non-hydrogen) atoms. The maximum atomic E-state index is 11.6. The fraction of sp³-hybridized carbons (Fsp3) is 0.143. The van der Waals surface area contributed by atoms with Gasteiger partial charge in [-0.3, -0.25) is 0 Å². The summed E-state index contributed by atoms with van der Waals surface area (Å²) in [7, 11) is 0. The molecule has 0 aromatic rings. The molecule has 0 fully saturated rings. The van der Waals surface area contributed by atoms with Gasteiger partial charge in [0.05, 0.1) is 5.75 Å². The van der Waals surface area contributed by atoms with E-state index in [1.54, 1.807) is 6.08 Å². The van der Waals surface area contributed by atoms with Crippen LogP contribution >= 0.6 is 11.2 Å². The average Bonchev–Trinajstić information content (AvgIpc) is 1.85. The maximum Gasteiger partial charge on any atom is 0.212 e. The van der Waals surface area contributed by atoms with Crippen molar-refractivity contribution < 1.29 is 11.7 Å². The second-order valence-electron chi connectivity index (χ2n) is 1.72. The van der Waals surface area contributed by atoms with Crippen LogP contribution in [0.3, 0.4) is 0 Å². The van der Waals surface area contributed by atoms with Gasteiger partial charge in [-0.2, -0.15) is 0 Å². The minimum atomic E-state index is -4.86. The lowest BCUT2D eigenvalue weighted by atomic mass is 10.4. The summed E-state index contributed by atoms with van der Waals surface area (Å²) < 4.78 is 34.7. The topological polar surface area (TPSA) is 0 Å². The quantitative estimate of drug-likeness (QED) is 0.581. The molecule has 64 valence electrons. The molecule has 0 saturated heterocycles. The summed E-state index contributed by atoms with van der Waals surface area (Å²) in [4.78, 5) is 0. The molecule has 0 aliphatic carbocycles. The van der Waals surface area contributed by atoms with E-state index >= 15 is 0 Å². The molecule has 0 aromatic carbocycles. The monoisotopic (exact) mass is 182 g/mol. The zero-order chi connectivity index (χ0) is 8.74.